The Morgan fingerprint density at radius 3 is 1.39 bits per heavy atom. The van der Waals surface area contributed by atoms with Crippen LogP contribution in [0.4, 0.5) is 0 Å². The van der Waals surface area contributed by atoms with Crippen LogP contribution in [0, 0.1) is 5.92 Å². The van der Waals surface area contributed by atoms with E-state index in [-0.39, 0.29) is 0 Å². The van der Waals surface area contributed by atoms with Gasteiger partial charge in [-0.05, 0) is 85.5 Å². The molecule has 0 aliphatic rings. The van der Waals surface area contributed by atoms with Crippen molar-refractivity contribution in [2.24, 2.45) is 5.92 Å². The SMILES string of the molecule is CC(C)=CCC/C(C)=C/CC/C(C)=C/CC/C(C)=C\CC(C)C. The van der Waals surface area contributed by atoms with Crippen LogP contribution in [0.2, 0.25) is 0 Å². The molecule has 0 atom stereocenters. The summed E-state index contributed by atoms with van der Waals surface area (Å²) in [4.78, 5) is 0. The summed E-state index contributed by atoms with van der Waals surface area (Å²) in [6.07, 6.45) is 18.0. The molecule has 0 nitrogen and oxygen atoms in total. The van der Waals surface area contributed by atoms with E-state index in [0.717, 1.165) is 5.92 Å². The van der Waals surface area contributed by atoms with E-state index in [0.29, 0.717) is 0 Å². The van der Waals surface area contributed by atoms with E-state index in [1.807, 2.05) is 0 Å². The van der Waals surface area contributed by atoms with Crippen LogP contribution in [0.5, 0.6) is 0 Å². The molecule has 0 saturated heterocycles. The second-order valence-corrected chi connectivity index (χ2v) is 7.68. The predicted octanol–water partition coefficient (Wildman–Crippen LogP) is 8.18. The first-order valence-corrected chi connectivity index (χ1v) is 9.41. The molecule has 132 valence electrons. The Bertz CT molecular complexity index is 423. The van der Waals surface area contributed by atoms with Crippen molar-refractivity contribution in [3.63, 3.8) is 0 Å². The molecular formula is C23H40. The molecule has 0 saturated carbocycles. The third-order valence-electron chi connectivity index (χ3n) is 4.09. The van der Waals surface area contributed by atoms with E-state index >= 15 is 0 Å². The molecule has 0 aliphatic heterocycles. The van der Waals surface area contributed by atoms with Crippen LogP contribution < -0.4 is 0 Å². The summed E-state index contributed by atoms with van der Waals surface area (Å²) in [5.74, 6) is 0.772. The Morgan fingerprint density at radius 1 is 0.609 bits per heavy atom. The van der Waals surface area contributed by atoms with Gasteiger partial charge in [-0.15, -0.1) is 0 Å². The van der Waals surface area contributed by atoms with Crippen molar-refractivity contribution >= 4 is 0 Å². The Labute approximate surface area is 146 Å². The largest absolute Gasteiger partial charge is 0.0856 e. The van der Waals surface area contributed by atoms with Crippen molar-refractivity contribution < 1.29 is 0 Å². The topological polar surface area (TPSA) is 0 Å². The zero-order valence-corrected chi connectivity index (χ0v) is 16.8. The maximum atomic E-state index is 2.43. The van der Waals surface area contributed by atoms with Gasteiger partial charge in [-0.25, -0.2) is 0 Å². The Hall–Kier alpha value is -1.04. The van der Waals surface area contributed by atoms with Crippen molar-refractivity contribution in [2.45, 2.75) is 93.4 Å². The van der Waals surface area contributed by atoms with E-state index < -0.39 is 0 Å². The van der Waals surface area contributed by atoms with Crippen LogP contribution in [-0.4, -0.2) is 0 Å². The van der Waals surface area contributed by atoms with Crippen LogP contribution >= 0.6 is 0 Å². The summed E-state index contributed by atoms with van der Waals surface area (Å²) in [6, 6.07) is 0. The van der Waals surface area contributed by atoms with Crippen molar-refractivity contribution in [2.75, 3.05) is 0 Å². The highest BCUT2D eigenvalue weighted by Crippen LogP contribution is 2.14. The highest BCUT2D eigenvalue weighted by molar-refractivity contribution is 5.07. The molecule has 0 amide bonds. The maximum Gasteiger partial charge on any atom is -0.0288 e. The Kier molecular flexibility index (Phi) is 12.8. The van der Waals surface area contributed by atoms with Crippen molar-refractivity contribution in [3.8, 4) is 0 Å². The molecule has 0 spiro atoms. The molecule has 23 heavy (non-hydrogen) atoms. The van der Waals surface area contributed by atoms with E-state index in [1.165, 1.54) is 67.2 Å². The first-order valence-electron chi connectivity index (χ1n) is 9.41. The van der Waals surface area contributed by atoms with Gasteiger partial charge in [-0.3, -0.25) is 0 Å². The lowest BCUT2D eigenvalue weighted by atomic mass is 10.0. The zero-order valence-electron chi connectivity index (χ0n) is 16.8. The lowest BCUT2D eigenvalue weighted by molar-refractivity contribution is 0.659. The van der Waals surface area contributed by atoms with Gasteiger partial charge in [0, 0.05) is 0 Å². The van der Waals surface area contributed by atoms with E-state index in [4.69, 9.17) is 0 Å². The van der Waals surface area contributed by atoms with Gasteiger partial charge in [0.1, 0.15) is 0 Å². The standard InChI is InChI=1S/C23H40/c1-19(2)11-8-12-21(5)13-9-14-22(6)15-10-16-23(7)18-17-20(3)4/h11,13,15,18,20H,8-10,12,14,16-17H2,1-7H3/b21-13+,22-15+,23-18-. The fraction of sp³-hybridized carbons (Fsp3) is 0.652. The molecule has 0 heterocycles. The minimum absolute atomic E-state index is 0.772. The quantitative estimate of drug-likeness (QED) is 0.337. The van der Waals surface area contributed by atoms with Crippen LogP contribution in [0.25, 0.3) is 0 Å². The van der Waals surface area contributed by atoms with Gasteiger partial charge in [-0.1, -0.05) is 60.4 Å². The van der Waals surface area contributed by atoms with Crippen LogP contribution in [-0.2, 0) is 0 Å². The predicted molar refractivity (Wildman–Crippen MR) is 108 cm³/mol. The Morgan fingerprint density at radius 2 is 1.00 bits per heavy atom. The smallest absolute Gasteiger partial charge is 0.0288 e. The first kappa shape index (κ1) is 22.0. The molecule has 0 aliphatic carbocycles. The summed E-state index contributed by atoms with van der Waals surface area (Å²) >= 11 is 0. The highest BCUT2D eigenvalue weighted by Gasteiger charge is 1.94. The molecular weight excluding hydrogens is 276 g/mol. The van der Waals surface area contributed by atoms with Crippen LogP contribution in [0.15, 0.2) is 46.6 Å². The van der Waals surface area contributed by atoms with Crippen molar-refractivity contribution in [1.82, 2.24) is 0 Å². The minimum Gasteiger partial charge on any atom is -0.0856 e. The average Bonchev–Trinajstić information content (AvgIpc) is 2.44. The van der Waals surface area contributed by atoms with E-state index in [1.54, 1.807) is 0 Å². The second-order valence-electron chi connectivity index (χ2n) is 7.68. The molecule has 0 aromatic heterocycles. The molecule has 0 rings (SSSR count). The lowest BCUT2D eigenvalue weighted by Crippen LogP contribution is -1.85. The number of allylic oxidation sites excluding steroid dienone is 8. The van der Waals surface area contributed by atoms with Crippen molar-refractivity contribution in [3.05, 3.63) is 46.6 Å². The third-order valence-corrected chi connectivity index (χ3v) is 4.09. The first-order chi connectivity index (χ1) is 10.8. The number of hydrogen-bond donors (Lipinski definition) is 0. The highest BCUT2D eigenvalue weighted by atomic mass is 14.0. The maximum absolute atomic E-state index is 2.43. The lowest BCUT2D eigenvalue weighted by Gasteiger charge is -2.03. The summed E-state index contributed by atoms with van der Waals surface area (Å²) < 4.78 is 0. The molecule has 0 unspecified atom stereocenters. The summed E-state index contributed by atoms with van der Waals surface area (Å²) in [5.41, 5.74) is 6.03. The van der Waals surface area contributed by atoms with Gasteiger partial charge in [0.25, 0.3) is 0 Å². The van der Waals surface area contributed by atoms with E-state index in [9.17, 15) is 0 Å². The number of hydrogen-bond acceptors (Lipinski definition) is 0. The summed E-state index contributed by atoms with van der Waals surface area (Å²) in [6.45, 7) is 15.7. The molecule has 0 bridgehead atoms. The second kappa shape index (κ2) is 13.4. The molecule has 0 radical (unpaired) electrons. The van der Waals surface area contributed by atoms with Gasteiger partial charge in [0.2, 0.25) is 0 Å². The van der Waals surface area contributed by atoms with Crippen LogP contribution in [0.1, 0.15) is 93.4 Å². The molecule has 0 heteroatoms. The van der Waals surface area contributed by atoms with Gasteiger partial charge >= 0.3 is 0 Å². The Balaban J connectivity index is 3.98. The molecule has 0 aromatic rings. The average molecular weight is 317 g/mol. The fourth-order valence-corrected chi connectivity index (χ4v) is 2.42. The van der Waals surface area contributed by atoms with Crippen LogP contribution in [0.3, 0.4) is 0 Å². The minimum atomic E-state index is 0.772. The fourth-order valence-electron chi connectivity index (χ4n) is 2.42. The van der Waals surface area contributed by atoms with Gasteiger partial charge in [0.05, 0.1) is 0 Å². The molecule has 0 fully saturated rings. The van der Waals surface area contributed by atoms with Gasteiger partial charge < -0.3 is 0 Å². The van der Waals surface area contributed by atoms with Crippen molar-refractivity contribution in [1.29, 1.82) is 0 Å². The zero-order chi connectivity index (χ0) is 17.7. The monoisotopic (exact) mass is 316 g/mol. The van der Waals surface area contributed by atoms with E-state index in [2.05, 4.69) is 72.8 Å². The van der Waals surface area contributed by atoms with Gasteiger partial charge in [-0.2, -0.15) is 0 Å². The summed E-state index contributed by atoms with van der Waals surface area (Å²) in [5, 5.41) is 0. The summed E-state index contributed by atoms with van der Waals surface area (Å²) in [7, 11) is 0. The van der Waals surface area contributed by atoms with Gasteiger partial charge in [0.15, 0.2) is 0 Å². The normalized spacial score (nSPS) is 13.7. The number of rotatable bonds is 11. The molecule has 0 N–H and O–H groups in total. The molecule has 0 aromatic carbocycles. The third kappa shape index (κ3) is 15.6.